The number of carbonyl (C=O) groups is 2. The Labute approximate surface area is 111 Å². The zero-order chi connectivity index (χ0) is 13.8. The van der Waals surface area contributed by atoms with Crippen LogP contribution in [0.4, 0.5) is 0 Å². The van der Waals surface area contributed by atoms with Gasteiger partial charge in [0.05, 0.1) is 6.20 Å². The molecule has 1 saturated heterocycles. The minimum absolute atomic E-state index is 0.0313. The van der Waals surface area contributed by atoms with Crippen molar-refractivity contribution < 1.29 is 14.7 Å². The first-order valence-electron chi connectivity index (χ1n) is 6.51. The van der Waals surface area contributed by atoms with E-state index in [1.807, 2.05) is 11.8 Å². The summed E-state index contributed by atoms with van der Waals surface area (Å²) in [5, 5.41) is 15.9. The van der Waals surface area contributed by atoms with Gasteiger partial charge in [0, 0.05) is 12.6 Å². The summed E-state index contributed by atoms with van der Waals surface area (Å²) in [7, 11) is 0. The molecule has 104 valence electrons. The molecular weight excluding hydrogens is 248 g/mol. The standard InChI is InChI=1S/C12H18N4O3/c1-9-5-3-2-4-6-16(9)11(17)8-15-7-10(12(18)19)13-14-15/h7,9H,2-6,8H2,1H3,(H,18,19). The lowest BCUT2D eigenvalue weighted by Gasteiger charge is -2.27. The molecule has 0 saturated carbocycles. The number of aromatic carboxylic acids is 1. The minimum atomic E-state index is -1.14. The van der Waals surface area contributed by atoms with Gasteiger partial charge in [-0.25, -0.2) is 9.48 Å². The number of carbonyl (C=O) groups excluding carboxylic acids is 1. The van der Waals surface area contributed by atoms with Crippen LogP contribution in [0.15, 0.2) is 6.20 Å². The maximum atomic E-state index is 12.2. The first-order valence-corrected chi connectivity index (χ1v) is 6.51. The van der Waals surface area contributed by atoms with E-state index >= 15 is 0 Å². The van der Waals surface area contributed by atoms with Crippen molar-refractivity contribution in [3.05, 3.63) is 11.9 Å². The minimum Gasteiger partial charge on any atom is -0.476 e. The number of hydrogen-bond donors (Lipinski definition) is 1. The Morgan fingerprint density at radius 3 is 2.89 bits per heavy atom. The fourth-order valence-corrected chi connectivity index (χ4v) is 2.35. The molecule has 1 aromatic heterocycles. The number of carboxylic acid groups (broad SMARTS) is 1. The number of carboxylic acids is 1. The number of hydrogen-bond acceptors (Lipinski definition) is 4. The van der Waals surface area contributed by atoms with E-state index in [1.54, 1.807) is 0 Å². The molecule has 0 bridgehead atoms. The summed E-state index contributed by atoms with van der Waals surface area (Å²) in [6.45, 7) is 2.86. The van der Waals surface area contributed by atoms with Crippen molar-refractivity contribution in [2.24, 2.45) is 0 Å². The Balaban J connectivity index is 2.00. The zero-order valence-corrected chi connectivity index (χ0v) is 10.9. The van der Waals surface area contributed by atoms with E-state index in [-0.39, 0.29) is 24.2 Å². The maximum absolute atomic E-state index is 12.2. The van der Waals surface area contributed by atoms with Crippen LogP contribution >= 0.6 is 0 Å². The smallest absolute Gasteiger partial charge is 0.358 e. The average Bonchev–Trinajstić information content (AvgIpc) is 2.71. The fraction of sp³-hybridized carbons (Fsp3) is 0.667. The number of likely N-dealkylation sites (tertiary alicyclic amines) is 1. The lowest BCUT2D eigenvalue weighted by Crippen LogP contribution is -2.40. The number of rotatable bonds is 3. The van der Waals surface area contributed by atoms with Gasteiger partial charge in [0.1, 0.15) is 6.54 Å². The van der Waals surface area contributed by atoms with E-state index in [0.717, 1.165) is 32.2 Å². The van der Waals surface area contributed by atoms with E-state index in [0.29, 0.717) is 0 Å². The molecule has 1 fully saturated rings. The quantitative estimate of drug-likeness (QED) is 0.872. The summed E-state index contributed by atoms with van der Waals surface area (Å²) in [5.74, 6) is -1.17. The average molecular weight is 266 g/mol. The van der Waals surface area contributed by atoms with Crippen LogP contribution in [0.25, 0.3) is 0 Å². The van der Waals surface area contributed by atoms with Gasteiger partial charge in [-0.1, -0.05) is 18.1 Å². The van der Waals surface area contributed by atoms with Crippen molar-refractivity contribution in [1.82, 2.24) is 19.9 Å². The van der Waals surface area contributed by atoms with Gasteiger partial charge in [-0.15, -0.1) is 5.10 Å². The molecule has 0 radical (unpaired) electrons. The van der Waals surface area contributed by atoms with Gasteiger partial charge in [0.25, 0.3) is 0 Å². The molecule has 0 aromatic carbocycles. The molecule has 0 aliphatic carbocycles. The monoisotopic (exact) mass is 266 g/mol. The molecule has 1 atom stereocenters. The summed E-state index contributed by atoms with van der Waals surface area (Å²) in [5.41, 5.74) is -0.142. The Morgan fingerprint density at radius 1 is 1.42 bits per heavy atom. The van der Waals surface area contributed by atoms with Crippen LogP contribution in [-0.2, 0) is 11.3 Å². The normalized spacial score (nSPS) is 20.1. The zero-order valence-electron chi connectivity index (χ0n) is 10.9. The second-order valence-corrected chi connectivity index (χ2v) is 4.89. The molecule has 19 heavy (non-hydrogen) atoms. The fourth-order valence-electron chi connectivity index (χ4n) is 2.35. The molecule has 1 amide bonds. The lowest BCUT2D eigenvalue weighted by atomic mass is 10.1. The summed E-state index contributed by atoms with van der Waals surface area (Å²) in [6, 6.07) is 0.234. The highest BCUT2D eigenvalue weighted by Gasteiger charge is 2.22. The van der Waals surface area contributed by atoms with Crippen LogP contribution in [0.3, 0.4) is 0 Å². The van der Waals surface area contributed by atoms with Crippen molar-refractivity contribution in [2.75, 3.05) is 6.54 Å². The van der Waals surface area contributed by atoms with Crippen molar-refractivity contribution in [3.8, 4) is 0 Å². The molecule has 2 rings (SSSR count). The van der Waals surface area contributed by atoms with Gasteiger partial charge < -0.3 is 10.0 Å². The van der Waals surface area contributed by atoms with Crippen LogP contribution < -0.4 is 0 Å². The summed E-state index contributed by atoms with van der Waals surface area (Å²) in [6.07, 6.45) is 5.62. The topological polar surface area (TPSA) is 88.3 Å². The van der Waals surface area contributed by atoms with E-state index < -0.39 is 5.97 Å². The highest BCUT2D eigenvalue weighted by atomic mass is 16.4. The molecule has 1 unspecified atom stereocenters. The number of aromatic nitrogens is 3. The van der Waals surface area contributed by atoms with Gasteiger partial charge in [-0.05, 0) is 19.8 Å². The van der Waals surface area contributed by atoms with Crippen molar-refractivity contribution in [1.29, 1.82) is 0 Å². The van der Waals surface area contributed by atoms with Crippen LogP contribution in [0.5, 0.6) is 0 Å². The highest BCUT2D eigenvalue weighted by Crippen LogP contribution is 2.16. The molecule has 0 spiro atoms. The summed E-state index contributed by atoms with van der Waals surface area (Å²) in [4.78, 5) is 24.7. The second-order valence-electron chi connectivity index (χ2n) is 4.89. The Hall–Kier alpha value is -1.92. The van der Waals surface area contributed by atoms with Gasteiger partial charge in [-0.2, -0.15) is 0 Å². The first kappa shape index (κ1) is 13.5. The summed E-state index contributed by atoms with van der Waals surface area (Å²) < 4.78 is 1.28. The molecular formula is C12H18N4O3. The van der Waals surface area contributed by atoms with Gasteiger partial charge in [0.15, 0.2) is 5.69 Å². The molecule has 1 aliphatic rings. The van der Waals surface area contributed by atoms with Crippen molar-refractivity contribution in [2.45, 2.75) is 45.2 Å². The Bertz CT molecular complexity index is 471. The molecule has 1 aliphatic heterocycles. The largest absolute Gasteiger partial charge is 0.476 e. The van der Waals surface area contributed by atoms with Crippen LogP contribution in [0.2, 0.25) is 0 Å². The lowest BCUT2D eigenvalue weighted by molar-refractivity contribution is -0.134. The summed E-state index contributed by atoms with van der Waals surface area (Å²) >= 11 is 0. The second kappa shape index (κ2) is 5.81. The number of amides is 1. The Morgan fingerprint density at radius 2 is 2.21 bits per heavy atom. The highest BCUT2D eigenvalue weighted by molar-refractivity contribution is 5.84. The Kier molecular flexibility index (Phi) is 4.13. The first-order chi connectivity index (χ1) is 9.08. The van der Waals surface area contributed by atoms with Gasteiger partial charge in [-0.3, -0.25) is 4.79 Å². The van der Waals surface area contributed by atoms with Crippen molar-refractivity contribution >= 4 is 11.9 Å². The number of nitrogens with zero attached hydrogens (tertiary/aromatic N) is 4. The van der Waals surface area contributed by atoms with Gasteiger partial charge >= 0.3 is 5.97 Å². The van der Waals surface area contributed by atoms with E-state index in [4.69, 9.17) is 5.11 Å². The molecule has 7 nitrogen and oxygen atoms in total. The predicted octanol–water partition coefficient (Wildman–Crippen LogP) is 0.767. The third-order valence-electron chi connectivity index (χ3n) is 3.43. The third-order valence-corrected chi connectivity index (χ3v) is 3.43. The van der Waals surface area contributed by atoms with Crippen LogP contribution in [0, 0.1) is 0 Å². The molecule has 7 heteroatoms. The molecule has 1 N–H and O–H groups in total. The van der Waals surface area contributed by atoms with Crippen LogP contribution in [-0.4, -0.2) is 49.5 Å². The predicted molar refractivity (Wildman–Crippen MR) is 66.6 cm³/mol. The van der Waals surface area contributed by atoms with E-state index in [1.165, 1.54) is 10.9 Å². The SMILES string of the molecule is CC1CCCCCN1C(=O)Cn1cc(C(=O)O)nn1. The maximum Gasteiger partial charge on any atom is 0.358 e. The molecule has 2 heterocycles. The van der Waals surface area contributed by atoms with E-state index in [2.05, 4.69) is 10.3 Å². The molecule has 1 aromatic rings. The van der Waals surface area contributed by atoms with Gasteiger partial charge in [0.2, 0.25) is 5.91 Å². The van der Waals surface area contributed by atoms with Crippen molar-refractivity contribution in [3.63, 3.8) is 0 Å². The van der Waals surface area contributed by atoms with Crippen LogP contribution in [0.1, 0.15) is 43.1 Å². The van der Waals surface area contributed by atoms with E-state index in [9.17, 15) is 9.59 Å². The third kappa shape index (κ3) is 3.30.